The molecule has 0 saturated carbocycles. The smallest absolute Gasteiger partial charge is 0.326 e. The number of halogens is 1. The van der Waals surface area contributed by atoms with Gasteiger partial charge in [0.1, 0.15) is 23.4 Å². The molecule has 29 heavy (non-hydrogen) atoms. The number of anilines is 2. The van der Waals surface area contributed by atoms with E-state index in [0.29, 0.717) is 39.5 Å². The van der Waals surface area contributed by atoms with E-state index >= 15 is 0 Å². The number of aliphatic hydroxyl groups is 1. The number of ether oxygens (including phenoxy) is 1. The summed E-state index contributed by atoms with van der Waals surface area (Å²) >= 11 is 0. The second-order valence-electron chi connectivity index (χ2n) is 6.75. The zero-order chi connectivity index (χ0) is 20.7. The van der Waals surface area contributed by atoms with Crippen molar-refractivity contribution in [2.24, 2.45) is 0 Å². The fourth-order valence-corrected chi connectivity index (χ4v) is 3.09. The minimum Gasteiger partial charge on any atom is -0.421 e. The molecule has 3 aromatic heterocycles. The van der Waals surface area contributed by atoms with Crippen molar-refractivity contribution < 1.29 is 14.2 Å². The average molecular weight is 397 g/mol. The Bertz CT molecular complexity index is 1190. The molecule has 0 amide bonds. The van der Waals surface area contributed by atoms with Gasteiger partial charge in [0.2, 0.25) is 0 Å². The maximum atomic E-state index is 14.1. The summed E-state index contributed by atoms with van der Waals surface area (Å²) in [5.74, 6) is 0.838. The number of hydrogen-bond acceptors (Lipinski definition) is 8. The molecule has 0 saturated heterocycles. The van der Waals surface area contributed by atoms with E-state index in [1.165, 1.54) is 24.5 Å². The van der Waals surface area contributed by atoms with Gasteiger partial charge in [-0.2, -0.15) is 9.97 Å². The van der Waals surface area contributed by atoms with Crippen LogP contribution in [0.2, 0.25) is 0 Å². The van der Waals surface area contributed by atoms with Gasteiger partial charge in [-0.1, -0.05) is 0 Å². The van der Waals surface area contributed by atoms with Crippen molar-refractivity contribution in [1.29, 1.82) is 0 Å². The summed E-state index contributed by atoms with van der Waals surface area (Å²) in [5, 5.41) is 13.9. The van der Waals surface area contributed by atoms with E-state index in [0.717, 1.165) is 5.52 Å². The molecular weight excluding hydrogens is 377 g/mol. The number of nitrogens with one attached hydrogen (secondary N) is 2. The lowest BCUT2D eigenvalue weighted by atomic mass is 10.1. The summed E-state index contributed by atoms with van der Waals surface area (Å²) in [7, 11) is 5.40. The normalized spacial score (nSPS) is 12.3. The predicted molar refractivity (Wildman–Crippen MR) is 108 cm³/mol. The van der Waals surface area contributed by atoms with E-state index in [-0.39, 0.29) is 11.8 Å². The predicted octanol–water partition coefficient (Wildman–Crippen LogP) is 2.99. The summed E-state index contributed by atoms with van der Waals surface area (Å²) in [4.78, 5) is 22.1. The summed E-state index contributed by atoms with van der Waals surface area (Å²) in [5.41, 5.74) is 1.85. The molecule has 9 nitrogen and oxygen atoms in total. The van der Waals surface area contributed by atoms with Crippen molar-refractivity contribution in [1.82, 2.24) is 24.9 Å². The first-order valence-corrected chi connectivity index (χ1v) is 8.93. The Morgan fingerprint density at radius 1 is 1.21 bits per heavy atom. The van der Waals surface area contributed by atoms with Gasteiger partial charge in [-0.05, 0) is 19.1 Å². The van der Waals surface area contributed by atoms with E-state index in [1.54, 1.807) is 18.9 Å². The van der Waals surface area contributed by atoms with E-state index in [2.05, 4.69) is 30.2 Å². The van der Waals surface area contributed by atoms with Crippen molar-refractivity contribution in [2.45, 2.75) is 13.0 Å². The van der Waals surface area contributed by atoms with Gasteiger partial charge < -0.3 is 25.0 Å². The van der Waals surface area contributed by atoms with Crippen LogP contribution in [0.15, 0.2) is 24.5 Å². The van der Waals surface area contributed by atoms with Gasteiger partial charge in [0.25, 0.3) is 0 Å². The summed E-state index contributed by atoms with van der Waals surface area (Å²) in [6.45, 7) is 1.58. The Morgan fingerprint density at radius 3 is 2.55 bits per heavy atom. The lowest BCUT2D eigenvalue weighted by Crippen LogP contribution is -2.12. The van der Waals surface area contributed by atoms with Crippen LogP contribution in [0.4, 0.5) is 15.9 Å². The van der Waals surface area contributed by atoms with Gasteiger partial charge in [0.05, 0.1) is 29.0 Å². The van der Waals surface area contributed by atoms with E-state index in [9.17, 15) is 9.50 Å². The number of nitrogens with zero attached hydrogens (tertiary/aromatic N) is 5. The number of H-pyrrole nitrogens is 1. The third kappa shape index (κ3) is 3.38. The molecule has 4 rings (SSSR count). The Labute approximate surface area is 165 Å². The van der Waals surface area contributed by atoms with Crippen molar-refractivity contribution in [3.8, 4) is 11.8 Å². The van der Waals surface area contributed by atoms with Crippen LogP contribution in [0.25, 0.3) is 21.9 Å². The monoisotopic (exact) mass is 397 g/mol. The molecule has 0 radical (unpaired) electrons. The van der Waals surface area contributed by atoms with Crippen LogP contribution in [0.3, 0.4) is 0 Å². The largest absolute Gasteiger partial charge is 0.421 e. The molecule has 1 unspecified atom stereocenters. The minimum atomic E-state index is -0.773. The highest BCUT2D eigenvalue weighted by atomic mass is 19.1. The van der Waals surface area contributed by atoms with Gasteiger partial charge in [-0.15, -0.1) is 0 Å². The molecule has 0 bridgehead atoms. The molecule has 0 aliphatic heterocycles. The van der Waals surface area contributed by atoms with Crippen LogP contribution < -0.4 is 15.0 Å². The molecule has 3 N–H and O–H groups in total. The molecule has 3 heterocycles. The zero-order valence-corrected chi connectivity index (χ0v) is 16.4. The van der Waals surface area contributed by atoms with E-state index in [4.69, 9.17) is 4.74 Å². The van der Waals surface area contributed by atoms with Crippen LogP contribution in [0, 0.1) is 5.82 Å². The number of aromatic nitrogens is 5. The van der Waals surface area contributed by atoms with Crippen molar-refractivity contribution in [3.63, 3.8) is 0 Å². The number of benzene rings is 1. The Kier molecular flexibility index (Phi) is 4.63. The second-order valence-corrected chi connectivity index (χ2v) is 6.75. The van der Waals surface area contributed by atoms with Gasteiger partial charge in [0.15, 0.2) is 11.6 Å². The Hall–Kier alpha value is -3.53. The van der Waals surface area contributed by atoms with E-state index < -0.39 is 6.10 Å². The fraction of sp³-hybridized carbons (Fsp3) is 0.263. The molecule has 1 atom stereocenters. The topological polar surface area (TPSA) is 112 Å². The molecule has 10 heteroatoms. The minimum absolute atomic E-state index is 0.0904. The van der Waals surface area contributed by atoms with Crippen LogP contribution in [0.5, 0.6) is 11.8 Å². The average Bonchev–Trinajstić information content (AvgIpc) is 3.05. The Balaban J connectivity index is 1.85. The number of rotatable bonds is 5. The highest BCUT2D eigenvalue weighted by molar-refractivity contribution is 6.14. The van der Waals surface area contributed by atoms with Crippen molar-refractivity contribution in [3.05, 3.63) is 36.2 Å². The molecule has 0 aliphatic rings. The third-order valence-corrected chi connectivity index (χ3v) is 4.41. The summed E-state index contributed by atoms with van der Waals surface area (Å²) in [6, 6.07) is 2.96. The maximum Gasteiger partial charge on any atom is 0.326 e. The highest BCUT2D eigenvalue weighted by Gasteiger charge is 2.19. The fourth-order valence-electron chi connectivity index (χ4n) is 3.09. The molecule has 0 aliphatic carbocycles. The standard InChI is InChI=1S/C19H20FN7O2/c1-9(28)16-22-7-11(8-23-16)29-19-25-17-14(18(26-19)27(3)4)12-5-10(20)6-13(21-2)15(12)24-17/h5-9,21,28H,1-4H3,(H,24,25,26). The van der Waals surface area contributed by atoms with Gasteiger partial charge in [0, 0.05) is 26.5 Å². The SMILES string of the molecule is CNc1cc(F)cc2c1[nH]c1nc(Oc3cnc(C(C)O)nc3)nc(N(C)C)c12. The summed E-state index contributed by atoms with van der Waals surface area (Å²) in [6.07, 6.45) is 2.11. The zero-order valence-electron chi connectivity index (χ0n) is 16.4. The summed E-state index contributed by atoms with van der Waals surface area (Å²) < 4.78 is 19.8. The van der Waals surface area contributed by atoms with Crippen molar-refractivity contribution in [2.75, 3.05) is 31.4 Å². The number of aromatic amines is 1. The van der Waals surface area contributed by atoms with Crippen LogP contribution >= 0.6 is 0 Å². The number of fused-ring (bicyclic) bond motifs is 3. The number of aliphatic hydroxyl groups excluding tert-OH is 1. The quantitative estimate of drug-likeness (QED) is 0.471. The van der Waals surface area contributed by atoms with Crippen LogP contribution in [-0.4, -0.2) is 51.2 Å². The van der Waals surface area contributed by atoms with Gasteiger partial charge >= 0.3 is 6.01 Å². The molecular formula is C19H20FN7O2. The Morgan fingerprint density at radius 2 is 1.93 bits per heavy atom. The number of hydrogen-bond donors (Lipinski definition) is 3. The highest BCUT2D eigenvalue weighted by Crippen LogP contribution is 2.36. The first-order chi connectivity index (χ1) is 13.9. The molecule has 1 aromatic carbocycles. The lowest BCUT2D eigenvalue weighted by Gasteiger charge is -2.14. The molecule has 150 valence electrons. The first kappa shape index (κ1) is 18.8. The molecule has 0 fully saturated rings. The second kappa shape index (κ2) is 7.13. The lowest BCUT2D eigenvalue weighted by molar-refractivity contribution is 0.188. The molecule has 4 aromatic rings. The van der Waals surface area contributed by atoms with Crippen LogP contribution in [-0.2, 0) is 0 Å². The maximum absolute atomic E-state index is 14.1. The van der Waals surface area contributed by atoms with Gasteiger partial charge in [-0.25, -0.2) is 14.4 Å². The third-order valence-electron chi connectivity index (χ3n) is 4.41. The van der Waals surface area contributed by atoms with Gasteiger partial charge in [-0.3, -0.25) is 0 Å². The first-order valence-electron chi connectivity index (χ1n) is 8.93. The van der Waals surface area contributed by atoms with Crippen molar-refractivity contribution >= 4 is 33.4 Å². The molecule has 0 spiro atoms. The van der Waals surface area contributed by atoms with Crippen LogP contribution in [0.1, 0.15) is 18.9 Å². The van der Waals surface area contributed by atoms with E-state index in [1.807, 2.05) is 14.1 Å².